The van der Waals surface area contributed by atoms with Gasteiger partial charge in [0.25, 0.3) is 5.91 Å². The van der Waals surface area contributed by atoms with E-state index in [1.807, 2.05) is 30.3 Å². The van der Waals surface area contributed by atoms with Crippen LogP contribution in [0.3, 0.4) is 0 Å². The van der Waals surface area contributed by atoms with E-state index in [1.165, 1.54) is 6.92 Å². The Kier molecular flexibility index (Phi) is 5.56. The number of rotatable bonds is 7. The van der Waals surface area contributed by atoms with Crippen molar-refractivity contribution in [3.05, 3.63) is 35.9 Å². The van der Waals surface area contributed by atoms with Crippen LogP contribution in [0, 0.1) is 5.41 Å². The highest BCUT2D eigenvalue weighted by Crippen LogP contribution is 2.64. The van der Waals surface area contributed by atoms with Crippen LogP contribution in [0.2, 0.25) is 0 Å². The van der Waals surface area contributed by atoms with Gasteiger partial charge < -0.3 is 10.1 Å². The number of hydrogen-bond acceptors (Lipinski definition) is 4. The molecule has 24 heavy (non-hydrogen) atoms. The maximum atomic E-state index is 12.0. The van der Waals surface area contributed by atoms with Gasteiger partial charge in [-0.05, 0) is 25.8 Å². The molecule has 0 saturated heterocycles. The number of hydrogen-bond donors (Lipinski definition) is 1. The number of amides is 1. The molecule has 2 atom stereocenters. The molecule has 1 amide bonds. The van der Waals surface area contributed by atoms with E-state index in [-0.39, 0.29) is 12.2 Å². The van der Waals surface area contributed by atoms with Gasteiger partial charge >= 0.3 is 5.97 Å². The van der Waals surface area contributed by atoms with Gasteiger partial charge in [0, 0.05) is 6.42 Å². The van der Waals surface area contributed by atoms with Crippen LogP contribution in [0.15, 0.2) is 30.3 Å². The first kappa shape index (κ1) is 18.7. The number of carbonyl (C=O) groups is 3. The monoisotopic (exact) mass is 371 g/mol. The average Bonchev–Trinajstić information content (AvgIpc) is 3.05. The standard InChI is InChI=1S/C17H19Cl2NO4/c1-11(21)13(8-12-6-4-3-5-7-12)20-14(22)9-24-15(23)16(2)10-17(16,18)19/h3-7,13H,8-10H2,1-2H3,(H,20,22)/t13-,16+/m0/s1. The fraction of sp³-hybridized carbons (Fsp3) is 0.471. The summed E-state index contributed by atoms with van der Waals surface area (Å²) in [7, 11) is 0. The molecule has 1 aliphatic carbocycles. The number of alkyl halides is 2. The van der Waals surface area contributed by atoms with Crippen LogP contribution in [0.25, 0.3) is 0 Å². The van der Waals surface area contributed by atoms with E-state index in [0.717, 1.165) is 5.56 Å². The molecule has 7 heteroatoms. The Morgan fingerprint density at radius 1 is 1.25 bits per heavy atom. The number of ether oxygens (including phenoxy) is 1. The molecule has 1 saturated carbocycles. The molecule has 0 spiro atoms. The van der Waals surface area contributed by atoms with Crippen molar-refractivity contribution >= 4 is 40.9 Å². The second kappa shape index (κ2) is 7.11. The zero-order chi connectivity index (χ0) is 18.0. The lowest BCUT2D eigenvalue weighted by atomic mass is 10.0. The molecule has 1 fully saturated rings. The Balaban J connectivity index is 1.85. The van der Waals surface area contributed by atoms with Gasteiger partial charge in [0.1, 0.15) is 9.75 Å². The van der Waals surface area contributed by atoms with Gasteiger partial charge in [0.2, 0.25) is 0 Å². The molecule has 1 aliphatic rings. The van der Waals surface area contributed by atoms with Crippen molar-refractivity contribution in [2.24, 2.45) is 5.41 Å². The zero-order valence-electron chi connectivity index (χ0n) is 13.5. The van der Waals surface area contributed by atoms with Gasteiger partial charge in [0.15, 0.2) is 12.4 Å². The summed E-state index contributed by atoms with van der Waals surface area (Å²) in [5.74, 6) is -1.34. The molecule has 5 nitrogen and oxygen atoms in total. The van der Waals surface area contributed by atoms with E-state index in [2.05, 4.69) is 5.32 Å². The van der Waals surface area contributed by atoms with E-state index >= 15 is 0 Å². The number of nitrogens with one attached hydrogen (secondary N) is 1. The SMILES string of the molecule is CC(=O)[C@H](Cc1ccccc1)NC(=O)COC(=O)[C@@]1(C)CC1(Cl)Cl. The minimum absolute atomic E-state index is 0.173. The van der Waals surface area contributed by atoms with E-state index in [0.29, 0.717) is 6.42 Å². The lowest BCUT2D eigenvalue weighted by molar-refractivity contribution is -0.153. The van der Waals surface area contributed by atoms with Crippen molar-refractivity contribution in [2.75, 3.05) is 6.61 Å². The maximum absolute atomic E-state index is 12.0. The lowest BCUT2D eigenvalue weighted by Gasteiger charge is -2.17. The molecule has 0 unspecified atom stereocenters. The first-order chi connectivity index (χ1) is 11.2. The minimum atomic E-state index is -1.14. The summed E-state index contributed by atoms with van der Waals surface area (Å²) in [6, 6.07) is 8.66. The molecule has 0 aliphatic heterocycles. The Labute approximate surface area is 150 Å². The predicted molar refractivity (Wildman–Crippen MR) is 90.9 cm³/mol. The van der Waals surface area contributed by atoms with Gasteiger partial charge in [0.05, 0.1) is 6.04 Å². The van der Waals surface area contributed by atoms with Crippen LogP contribution in [0.5, 0.6) is 0 Å². The summed E-state index contributed by atoms with van der Waals surface area (Å²) in [5, 5.41) is 2.58. The van der Waals surface area contributed by atoms with Crippen LogP contribution in [0.1, 0.15) is 25.8 Å². The van der Waals surface area contributed by atoms with Crippen LogP contribution < -0.4 is 5.32 Å². The molecule has 1 N–H and O–H groups in total. The maximum Gasteiger partial charge on any atom is 0.315 e. The van der Waals surface area contributed by atoms with Crippen molar-refractivity contribution in [2.45, 2.75) is 37.1 Å². The predicted octanol–water partition coefficient (Wildman–Crippen LogP) is 2.43. The van der Waals surface area contributed by atoms with Crippen molar-refractivity contribution in [3.63, 3.8) is 0 Å². The Bertz CT molecular complexity index is 647. The highest BCUT2D eigenvalue weighted by molar-refractivity contribution is 6.53. The molecule has 1 aromatic carbocycles. The van der Waals surface area contributed by atoms with E-state index in [4.69, 9.17) is 27.9 Å². The average molecular weight is 372 g/mol. The Morgan fingerprint density at radius 3 is 2.33 bits per heavy atom. The number of esters is 1. The third kappa shape index (κ3) is 4.28. The summed E-state index contributed by atoms with van der Waals surface area (Å²) >= 11 is 11.8. The van der Waals surface area contributed by atoms with Gasteiger partial charge in [-0.2, -0.15) is 0 Å². The van der Waals surface area contributed by atoms with Crippen molar-refractivity contribution < 1.29 is 19.1 Å². The molecule has 0 radical (unpaired) electrons. The number of halogens is 2. The van der Waals surface area contributed by atoms with E-state index in [1.54, 1.807) is 6.92 Å². The third-order valence-electron chi connectivity index (χ3n) is 4.15. The van der Waals surface area contributed by atoms with Gasteiger partial charge in [-0.15, -0.1) is 23.2 Å². The lowest BCUT2D eigenvalue weighted by Crippen LogP contribution is -2.43. The van der Waals surface area contributed by atoms with Gasteiger partial charge in [-0.1, -0.05) is 30.3 Å². The van der Waals surface area contributed by atoms with Crippen LogP contribution in [-0.4, -0.2) is 34.6 Å². The molecule has 0 bridgehead atoms. The van der Waals surface area contributed by atoms with Gasteiger partial charge in [-0.25, -0.2) is 0 Å². The van der Waals surface area contributed by atoms with Crippen LogP contribution >= 0.6 is 23.2 Å². The molecule has 1 aromatic rings. The molecule has 130 valence electrons. The molecular weight excluding hydrogens is 353 g/mol. The zero-order valence-corrected chi connectivity index (χ0v) is 15.0. The first-order valence-corrected chi connectivity index (χ1v) is 8.30. The Morgan fingerprint density at radius 2 is 1.83 bits per heavy atom. The summed E-state index contributed by atoms with van der Waals surface area (Å²) < 4.78 is 3.82. The van der Waals surface area contributed by atoms with Crippen LogP contribution in [0.4, 0.5) is 0 Å². The van der Waals surface area contributed by atoms with Crippen LogP contribution in [-0.2, 0) is 25.5 Å². The number of Topliss-reactive ketones (excluding diaryl/α,β-unsaturated/α-hetero) is 1. The summed E-state index contributed by atoms with van der Waals surface area (Å²) in [4.78, 5) is 35.6. The quantitative estimate of drug-likeness (QED) is 0.590. The first-order valence-electron chi connectivity index (χ1n) is 7.54. The molecular formula is C17H19Cl2NO4. The largest absolute Gasteiger partial charge is 0.455 e. The van der Waals surface area contributed by atoms with Crippen molar-refractivity contribution in [3.8, 4) is 0 Å². The van der Waals surface area contributed by atoms with Crippen molar-refractivity contribution in [1.82, 2.24) is 5.32 Å². The smallest absolute Gasteiger partial charge is 0.315 e. The fourth-order valence-electron chi connectivity index (χ4n) is 2.29. The second-order valence-electron chi connectivity index (χ2n) is 6.21. The highest BCUT2D eigenvalue weighted by Gasteiger charge is 2.69. The minimum Gasteiger partial charge on any atom is -0.455 e. The fourth-order valence-corrected chi connectivity index (χ4v) is 2.98. The van der Waals surface area contributed by atoms with Crippen molar-refractivity contribution in [1.29, 1.82) is 0 Å². The normalized spacial score (nSPS) is 22.3. The number of benzene rings is 1. The number of ketones is 1. The molecule has 0 aromatic heterocycles. The third-order valence-corrected chi connectivity index (χ3v) is 5.25. The Hall–Kier alpha value is -1.59. The molecule has 2 rings (SSSR count). The topological polar surface area (TPSA) is 72.5 Å². The molecule has 0 heterocycles. The summed E-state index contributed by atoms with van der Waals surface area (Å²) in [6.45, 7) is 2.51. The van der Waals surface area contributed by atoms with Gasteiger partial charge in [-0.3, -0.25) is 14.4 Å². The number of carbonyl (C=O) groups excluding carboxylic acids is 3. The summed E-state index contributed by atoms with van der Waals surface area (Å²) in [6.07, 6.45) is 0.660. The second-order valence-corrected chi connectivity index (χ2v) is 7.69. The highest BCUT2D eigenvalue weighted by atomic mass is 35.5. The van der Waals surface area contributed by atoms with E-state index in [9.17, 15) is 14.4 Å². The summed E-state index contributed by atoms with van der Waals surface area (Å²) in [5.41, 5.74) is -0.0602. The van der Waals surface area contributed by atoms with E-state index < -0.39 is 34.3 Å².